The van der Waals surface area contributed by atoms with Crippen LogP contribution in [0.15, 0.2) is 41.1 Å². The molecule has 0 spiro atoms. The zero-order valence-electron chi connectivity index (χ0n) is 13.1. The Bertz CT molecular complexity index is 835. The summed E-state index contributed by atoms with van der Waals surface area (Å²) in [5.41, 5.74) is 1.69. The Morgan fingerprint density at radius 2 is 2.29 bits per heavy atom. The van der Waals surface area contributed by atoms with Gasteiger partial charge in [-0.2, -0.15) is 0 Å². The molecular weight excluding hydrogens is 308 g/mol. The third-order valence-corrected chi connectivity index (χ3v) is 4.24. The highest BCUT2D eigenvalue weighted by Gasteiger charge is 2.19. The van der Waals surface area contributed by atoms with Crippen LogP contribution in [0, 0.1) is 0 Å². The van der Waals surface area contributed by atoms with Crippen molar-refractivity contribution in [2.24, 2.45) is 0 Å². The molecule has 124 valence electrons. The van der Waals surface area contributed by atoms with E-state index in [0.717, 1.165) is 36.0 Å². The van der Waals surface area contributed by atoms with Gasteiger partial charge in [0.15, 0.2) is 0 Å². The van der Waals surface area contributed by atoms with Crippen molar-refractivity contribution in [2.75, 3.05) is 13.2 Å². The fourth-order valence-corrected chi connectivity index (χ4v) is 3.08. The normalized spacial score (nSPS) is 17.4. The standard InChI is InChI=1S/C17H18N4O3/c22-16(18-9-13-5-3-7-23-13)10-21-14-6-2-1-4-12(14)8-15(21)17-20-19-11-24-17/h1-2,4,6,8,11,13H,3,5,7,9-10H2,(H,18,22)/t13-/m1/s1. The molecule has 7 nitrogen and oxygen atoms in total. The number of hydrogen-bond acceptors (Lipinski definition) is 5. The van der Waals surface area contributed by atoms with Crippen molar-refractivity contribution in [3.05, 3.63) is 36.7 Å². The summed E-state index contributed by atoms with van der Waals surface area (Å²) >= 11 is 0. The average molecular weight is 326 g/mol. The quantitative estimate of drug-likeness (QED) is 0.775. The van der Waals surface area contributed by atoms with Gasteiger partial charge in [0.25, 0.3) is 5.89 Å². The largest absolute Gasteiger partial charge is 0.422 e. The average Bonchev–Trinajstić information content (AvgIpc) is 3.34. The van der Waals surface area contributed by atoms with Gasteiger partial charge in [0, 0.05) is 24.1 Å². The van der Waals surface area contributed by atoms with Gasteiger partial charge in [-0.3, -0.25) is 4.79 Å². The van der Waals surface area contributed by atoms with Crippen molar-refractivity contribution >= 4 is 16.8 Å². The Morgan fingerprint density at radius 1 is 1.38 bits per heavy atom. The van der Waals surface area contributed by atoms with E-state index in [1.54, 1.807) is 0 Å². The summed E-state index contributed by atoms with van der Waals surface area (Å²) in [6, 6.07) is 9.83. The second-order valence-corrected chi connectivity index (χ2v) is 5.86. The molecule has 0 radical (unpaired) electrons. The Hall–Kier alpha value is -2.67. The predicted octanol–water partition coefficient (Wildman–Crippen LogP) is 1.99. The van der Waals surface area contributed by atoms with Gasteiger partial charge in [0.05, 0.1) is 6.10 Å². The molecule has 0 saturated carbocycles. The molecule has 1 amide bonds. The predicted molar refractivity (Wildman–Crippen MR) is 87.2 cm³/mol. The van der Waals surface area contributed by atoms with Crippen LogP contribution in [-0.2, 0) is 16.1 Å². The first-order valence-electron chi connectivity index (χ1n) is 8.04. The molecule has 0 aliphatic carbocycles. The molecule has 0 bridgehead atoms. The highest BCUT2D eigenvalue weighted by molar-refractivity contribution is 5.88. The van der Waals surface area contributed by atoms with E-state index in [4.69, 9.17) is 9.15 Å². The van der Waals surface area contributed by atoms with Gasteiger partial charge < -0.3 is 19.0 Å². The van der Waals surface area contributed by atoms with Crippen molar-refractivity contribution in [3.63, 3.8) is 0 Å². The number of nitrogens with zero attached hydrogens (tertiary/aromatic N) is 3. The minimum atomic E-state index is -0.0624. The maximum absolute atomic E-state index is 12.4. The van der Waals surface area contributed by atoms with Crippen LogP contribution >= 0.6 is 0 Å². The van der Waals surface area contributed by atoms with Gasteiger partial charge >= 0.3 is 0 Å². The first kappa shape index (κ1) is 14.9. The summed E-state index contributed by atoms with van der Waals surface area (Å²) in [6.45, 7) is 1.52. The number of aromatic nitrogens is 3. The van der Waals surface area contributed by atoms with Crippen LogP contribution in [0.5, 0.6) is 0 Å². The topological polar surface area (TPSA) is 82.2 Å². The van der Waals surface area contributed by atoms with E-state index in [-0.39, 0.29) is 18.6 Å². The van der Waals surface area contributed by atoms with Crippen LogP contribution < -0.4 is 5.32 Å². The lowest BCUT2D eigenvalue weighted by Crippen LogP contribution is -2.34. The molecule has 1 aliphatic heterocycles. The van der Waals surface area contributed by atoms with Crippen molar-refractivity contribution in [1.82, 2.24) is 20.1 Å². The number of carbonyl (C=O) groups is 1. The van der Waals surface area contributed by atoms with Gasteiger partial charge in [-0.1, -0.05) is 18.2 Å². The molecule has 3 heterocycles. The third-order valence-electron chi connectivity index (χ3n) is 4.24. The summed E-state index contributed by atoms with van der Waals surface area (Å²) in [7, 11) is 0. The van der Waals surface area contributed by atoms with Crippen LogP contribution in [0.4, 0.5) is 0 Å². The molecule has 1 atom stereocenters. The maximum atomic E-state index is 12.4. The molecule has 2 aromatic heterocycles. The number of ether oxygens (including phenoxy) is 1. The Morgan fingerprint density at radius 3 is 3.08 bits per heavy atom. The van der Waals surface area contributed by atoms with E-state index in [2.05, 4.69) is 15.5 Å². The van der Waals surface area contributed by atoms with Crippen LogP contribution in [0.1, 0.15) is 12.8 Å². The fraction of sp³-hybridized carbons (Fsp3) is 0.353. The number of nitrogens with one attached hydrogen (secondary N) is 1. The molecule has 1 N–H and O–H groups in total. The van der Waals surface area contributed by atoms with Gasteiger partial charge in [-0.05, 0) is 25.0 Å². The smallest absolute Gasteiger partial charge is 0.264 e. The highest BCUT2D eigenvalue weighted by Crippen LogP contribution is 2.26. The number of hydrogen-bond donors (Lipinski definition) is 1. The van der Waals surface area contributed by atoms with E-state index in [0.29, 0.717) is 12.4 Å². The molecule has 1 aromatic carbocycles. The zero-order chi connectivity index (χ0) is 16.4. The summed E-state index contributed by atoms with van der Waals surface area (Å²) in [6.07, 6.45) is 3.48. The van der Waals surface area contributed by atoms with E-state index < -0.39 is 0 Å². The first-order chi connectivity index (χ1) is 11.8. The summed E-state index contributed by atoms with van der Waals surface area (Å²) < 4.78 is 12.8. The molecule has 1 fully saturated rings. The summed E-state index contributed by atoms with van der Waals surface area (Å²) in [5.74, 6) is 0.339. The lowest BCUT2D eigenvalue weighted by atomic mass is 10.2. The van der Waals surface area contributed by atoms with Crippen LogP contribution in [0.2, 0.25) is 0 Å². The van der Waals surface area contributed by atoms with E-state index in [1.165, 1.54) is 6.39 Å². The number of fused-ring (bicyclic) bond motifs is 1. The summed E-state index contributed by atoms with van der Waals surface area (Å²) in [5, 5.41) is 11.7. The van der Waals surface area contributed by atoms with Crippen LogP contribution in [-0.4, -0.2) is 39.9 Å². The fourth-order valence-electron chi connectivity index (χ4n) is 3.08. The van der Waals surface area contributed by atoms with E-state index >= 15 is 0 Å². The van der Waals surface area contributed by atoms with Crippen LogP contribution in [0.3, 0.4) is 0 Å². The van der Waals surface area contributed by atoms with E-state index in [9.17, 15) is 4.79 Å². The Kier molecular flexibility index (Phi) is 4.00. The number of benzene rings is 1. The first-order valence-corrected chi connectivity index (χ1v) is 8.04. The van der Waals surface area contributed by atoms with Crippen molar-refractivity contribution < 1.29 is 13.9 Å². The second kappa shape index (κ2) is 6.45. The lowest BCUT2D eigenvalue weighted by molar-refractivity contribution is -0.122. The molecule has 1 saturated heterocycles. The van der Waals surface area contributed by atoms with Crippen molar-refractivity contribution in [3.8, 4) is 11.6 Å². The maximum Gasteiger partial charge on any atom is 0.264 e. The van der Waals surface area contributed by atoms with Gasteiger partial charge in [-0.25, -0.2) is 0 Å². The third kappa shape index (κ3) is 2.90. The molecule has 4 rings (SSSR count). The number of amides is 1. The summed E-state index contributed by atoms with van der Waals surface area (Å²) in [4.78, 5) is 12.4. The number of rotatable bonds is 5. The van der Waals surface area contributed by atoms with Gasteiger partial charge in [0.1, 0.15) is 12.2 Å². The lowest BCUT2D eigenvalue weighted by Gasteiger charge is -2.12. The minimum absolute atomic E-state index is 0.0624. The van der Waals surface area contributed by atoms with Crippen LogP contribution in [0.25, 0.3) is 22.5 Å². The molecule has 24 heavy (non-hydrogen) atoms. The van der Waals surface area contributed by atoms with Crippen molar-refractivity contribution in [1.29, 1.82) is 0 Å². The highest BCUT2D eigenvalue weighted by atomic mass is 16.5. The SMILES string of the molecule is O=C(Cn1c(-c2nnco2)cc2ccccc21)NC[C@H]1CCCO1. The molecular formula is C17H18N4O3. The minimum Gasteiger partial charge on any atom is -0.422 e. The Balaban J connectivity index is 1.57. The number of carbonyl (C=O) groups excluding carboxylic acids is 1. The van der Waals surface area contributed by atoms with Gasteiger partial charge in [0.2, 0.25) is 12.3 Å². The number of para-hydroxylation sites is 1. The second-order valence-electron chi connectivity index (χ2n) is 5.86. The molecule has 0 unspecified atom stereocenters. The monoisotopic (exact) mass is 326 g/mol. The molecule has 3 aromatic rings. The van der Waals surface area contributed by atoms with Crippen molar-refractivity contribution in [2.45, 2.75) is 25.5 Å². The zero-order valence-corrected chi connectivity index (χ0v) is 13.1. The van der Waals surface area contributed by atoms with Gasteiger partial charge in [-0.15, -0.1) is 10.2 Å². The Labute approximate surface area is 138 Å². The van der Waals surface area contributed by atoms with E-state index in [1.807, 2.05) is 34.9 Å². The molecule has 1 aliphatic rings. The molecule has 7 heteroatoms.